The third kappa shape index (κ3) is 8.05. The molecule has 4 unspecified atom stereocenters. The van der Waals surface area contributed by atoms with Gasteiger partial charge in [-0.1, -0.05) is 57.9 Å². The molecule has 0 aromatic heterocycles. The third-order valence-corrected chi connectivity index (χ3v) is 5.69. The fraction of sp³-hybridized carbons (Fsp3) is 0.773. The highest BCUT2D eigenvalue weighted by molar-refractivity contribution is 5.66. The Hall–Kier alpha value is -1.13. The van der Waals surface area contributed by atoms with Crippen molar-refractivity contribution in [3.63, 3.8) is 0 Å². The van der Waals surface area contributed by atoms with Gasteiger partial charge in [-0.25, -0.2) is 0 Å². The maximum Gasteiger partial charge on any atom is 0.303 e. The molecule has 0 aromatic rings. The Labute approximate surface area is 159 Å². The van der Waals surface area contributed by atoms with E-state index < -0.39 is 12.1 Å². The van der Waals surface area contributed by atoms with E-state index in [0.29, 0.717) is 12.3 Å². The minimum atomic E-state index is -0.754. The van der Waals surface area contributed by atoms with Gasteiger partial charge in [0.15, 0.2) is 0 Å². The van der Waals surface area contributed by atoms with Crippen LogP contribution in [-0.4, -0.2) is 33.5 Å². The second-order valence-corrected chi connectivity index (χ2v) is 8.39. The fourth-order valence-corrected chi connectivity index (χ4v) is 3.68. The van der Waals surface area contributed by atoms with E-state index in [1.807, 2.05) is 12.2 Å². The second-order valence-electron chi connectivity index (χ2n) is 8.39. The summed E-state index contributed by atoms with van der Waals surface area (Å²) in [5.74, 6) is -0.270. The zero-order chi connectivity index (χ0) is 19.6. The number of unbranched alkanes of at least 4 members (excludes halogenated alkanes) is 2. The molecule has 0 aliphatic heterocycles. The molecular formula is C22H38O4. The van der Waals surface area contributed by atoms with Gasteiger partial charge in [0.05, 0.1) is 12.2 Å². The van der Waals surface area contributed by atoms with E-state index in [-0.39, 0.29) is 23.9 Å². The van der Waals surface area contributed by atoms with E-state index in [0.717, 1.165) is 44.9 Å². The van der Waals surface area contributed by atoms with Crippen LogP contribution >= 0.6 is 0 Å². The quantitative estimate of drug-likeness (QED) is 0.345. The summed E-state index contributed by atoms with van der Waals surface area (Å²) in [6.45, 7) is 6.38. The predicted octanol–water partition coefficient (Wildman–Crippen LogP) is 4.71. The van der Waals surface area contributed by atoms with Crippen molar-refractivity contribution in [2.75, 3.05) is 0 Å². The summed E-state index contributed by atoms with van der Waals surface area (Å²) in [6, 6.07) is 0. The van der Waals surface area contributed by atoms with Crippen molar-refractivity contribution in [3.8, 4) is 0 Å². The van der Waals surface area contributed by atoms with Gasteiger partial charge < -0.3 is 15.3 Å². The lowest BCUT2D eigenvalue weighted by molar-refractivity contribution is -0.137. The van der Waals surface area contributed by atoms with Crippen molar-refractivity contribution in [3.05, 3.63) is 24.3 Å². The van der Waals surface area contributed by atoms with Crippen molar-refractivity contribution in [1.82, 2.24) is 0 Å². The van der Waals surface area contributed by atoms with Gasteiger partial charge in [-0.2, -0.15) is 0 Å². The molecule has 1 aliphatic carbocycles. The van der Waals surface area contributed by atoms with Gasteiger partial charge in [0, 0.05) is 6.42 Å². The molecule has 150 valence electrons. The fourth-order valence-electron chi connectivity index (χ4n) is 3.68. The maximum absolute atomic E-state index is 10.5. The van der Waals surface area contributed by atoms with Crippen LogP contribution in [0.5, 0.6) is 0 Å². The highest BCUT2D eigenvalue weighted by Gasteiger charge is 2.33. The standard InChI is InChI=1S/C22H38O4/c1-4-5-16-22(2,3)20(24)15-13-17-12-14-19(23)18(17)10-8-6-7-9-11-21(25)26/h6,8,13,15,17-20,23-24H,4-5,7,9-12,14,16H2,1-3H3,(H,25,26)/b8-6-,15-13?. The van der Waals surface area contributed by atoms with Crippen LogP contribution in [0.4, 0.5) is 0 Å². The molecule has 1 saturated carbocycles. The summed E-state index contributed by atoms with van der Waals surface area (Å²) < 4.78 is 0. The van der Waals surface area contributed by atoms with Gasteiger partial charge in [0.1, 0.15) is 0 Å². The third-order valence-electron chi connectivity index (χ3n) is 5.69. The monoisotopic (exact) mass is 366 g/mol. The number of carboxylic acids is 1. The van der Waals surface area contributed by atoms with Crippen molar-refractivity contribution < 1.29 is 20.1 Å². The first kappa shape index (κ1) is 22.9. The van der Waals surface area contributed by atoms with E-state index >= 15 is 0 Å². The number of allylic oxidation sites excluding steroid dienone is 3. The lowest BCUT2D eigenvalue weighted by Crippen LogP contribution is -2.27. The second kappa shape index (κ2) is 11.6. The molecule has 4 heteroatoms. The molecule has 0 bridgehead atoms. The zero-order valence-electron chi connectivity index (χ0n) is 16.7. The molecule has 3 N–H and O–H groups in total. The summed E-state index contributed by atoms with van der Waals surface area (Å²) in [4.78, 5) is 10.5. The zero-order valence-corrected chi connectivity index (χ0v) is 16.7. The van der Waals surface area contributed by atoms with Crippen LogP contribution in [-0.2, 0) is 4.79 Å². The highest BCUT2D eigenvalue weighted by atomic mass is 16.4. The van der Waals surface area contributed by atoms with Crippen LogP contribution in [0.15, 0.2) is 24.3 Å². The molecule has 0 saturated heterocycles. The Balaban J connectivity index is 2.51. The topological polar surface area (TPSA) is 77.8 Å². The van der Waals surface area contributed by atoms with Gasteiger partial charge >= 0.3 is 5.97 Å². The maximum atomic E-state index is 10.5. The Morgan fingerprint density at radius 3 is 2.62 bits per heavy atom. The first-order chi connectivity index (χ1) is 12.3. The first-order valence-corrected chi connectivity index (χ1v) is 10.2. The lowest BCUT2D eigenvalue weighted by Gasteiger charge is -2.29. The van der Waals surface area contributed by atoms with Gasteiger partial charge in [0.25, 0.3) is 0 Å². The van der Waals surface area contributed by atoms with Gasteiger partial charge in [-0.05, 0) is 55.8 Å². The number of hydrogen-bond donors (Lipinski definition) is 3. The van der Waals surface area contributed by atoms with Crippen molar-refractivity contribution in [1.29, 1.82) is 0 Å². The van der Waals surface area contributed by atoms with E-state index in [4.69, 9.17) is 5.11 Å². The van der Waals surface area contributed by atoms with Crippen molar-refractivity contribution >= 4 is 5.97 Å². The van der Waals surface area contributed by atoms with E-state index in [1.54, 1.807) is 0 Å². The van der Waals surface area contributed by atoms with Crippen LogP contribution in [0.3, 0.4) is 0 Å². The molecule has 0 heterocycles. The Bertz CT molecular complexity index is 467. The minimum absolute atomic E-state index is 0.122. The molecular weight excluding hydrogens is 328 g/mol. The summed E-state index contributed by atoms with van der Waals surface area (Å²) in [5.41, 5.74) is -0.122. The number of carbonyl (C=O) groups is 1. The van der Waals surface area contributed by atoms with Crippen LogP contribution in [0, 0.1) is 17.3 Å². The molecule has 4 atom stereocenters. The number of aliphatic carboxylic acids is 1. The summed E-state index contributed by atoms with van der Waals surface area (Å²) in [7, 11) is 0. The average Bonchev–Trinajstić information content (AvgIpc) is 2.93. The largest absolute Gasteiger partial charge is 0.481 e. The molecule has 1 fully saturated rings. The van der Waals surface area contributed by atoms with Gasteiger partial charge in [-0.3, -0.25) is 4.79 Å². The normalized spacial score (nSPS) is 25.3. The van der Waals surface area contributed by atoms with Gasteiger partial charge in [-0.15, -0.1) is 0 Å². The van der Waals surface area contributed by atoms with E-state index in [1.165, 1.54) is 0 Å². The van der Waals surface area contributed by atoms with Crippen LogP contribution in [0.1, 0.15) is 78.6 Å². The molecule has 0 aromatic carbocycles. The molecule has 26 heavy (non-hydrogen) atoms. The smallest absolute Gasteiger partial charge is 0.303 e. The summed E-state index contributed by atoms with van der Waals surface area (Å²) in [6.07, 6.45) is 14.8. The van der Waals surface area contributed by atoms with E-state index in [9.17, 15) is 15.0 Å². The molecule has 1 rings (SSSR count). The molecule has 0 radical (unpaired) electrons. The summed E-state index contributed by atoms with van der Waals surface area (Å²) >= 11 is 0. The van der Waals surface area contributed by atoms with Crippen LogP contribution < -0.4 is 0 Å². The number of aliphatic hydroxyl groups is 2. The Morgan fingerprint density at radius 2 is 1.96 bits per heavy atom. The van der Waals surface area contributed by atoms with Crippen LogP contribution in [0.2, 0.25) is 0 Å². The van der Waals surface area contributed by atoms with E-state index in [2.05, 4.69) is 32.9 Å². The molecule has 1 aliphatic rings. The number of rotatable bonds is 12. The Kier molecular flexibility index (Phi) is 10.2. The predicted molar refractivity (Wildman–Crippen MR) is 106 cm³/mol. The molecule has 4 nitrogen and oxygen atoms in total. The average molecular weight is 367 g/mol. The van der Waals surface area contributed by atoms with Crippen molar-refractivity contribution in [2.24, 2.45) is 17.3 Å². The van der Waals surface area contributed by atoms with Gasteiger partial charge in [0.2, 0.25) is 0 Å². The summed E-state index contributed by atoms with van der Waals surface area (Å²) in [5, 5.41) is 29.4. The van der Waals surface area contributed by atoms with Crippen molar-refractivity contribution in [2.45, 2.75) is 90.8 Å². The highest BCUT2D eigenvalue weighted by Crippen LogP contribution is 2.37. The number of aliphatic hydroxyl groups excluding tert-OH is 2. The minimum Gasteiger partial charge on any atom is -0.481 e. The number of carboxylic acid groups (broad SMARTS) is 1. The molecule has 0 spiro atoms. The lowest BCUT2D eigenvalue weighted by atomic mass is 9.80. The molecule has 0 amide bonds. The SMILES string of the molecule is CCCCC(C)(C)C(O)C=CC1CCC(O)C1C/C=C\CCCC(=O)O. The van der Waals surface area contributed by atoms with Crippen LogP contribution in [0.25, 0.3) is 0 Å². The first-order valence-electron chi connectivity index (χ1n) is 10.2. The Morgan fingerprint density at radius 1 is 1.23 bits per heavy atom. The number of hydrogen-bond acceptors (Lipinski definition) is 3.